The summed E-state index contributed by atoms with van der Waals surface area (Å²) in [6, 6.07) is 5.90. The zero-order chi connectivity index (χ0) is 24.5. The molecule has 2 aromatic carbocycles. The summed E-state index contributed by atoms with van der Waals surface area (Å²) in [7, 11) is -4.10. The second kappa shape index (κ2) is 9.89. The molecule has 2 aromatic rings. The van der Waals surface area contributed by atoms with Gasteiger partial charge in [-0.1, -0.05) is 12.1 Å². The van der Waals surface area contributed by atoms with E-state index in [1.807, 2.05) is 0 Å². The van der Waals surface area contributed by atoms with Gasteiger partial charge in [0.15, 0.2) is 15.6 Å². The van der Waals surface area contributed by atoms with Crippen LogP contribution in [0.5, 0.6) is 0 Å². The maximum Gasteiger partial charge on any atom is 0.245 e. The Hall–Kier alpha value is -2.69. The monoisotopic (exact) mass is 492 g/mol. The van der Waals surface area contributed by atoms with Crippen LogP contribution in [0.4, 0.5) is 14.5 Å². The topological polar surface area (TPSA) is 107 Å². The fraction of sp³-hybridized carbons (Fsp3) is 0.417. The number of hydrogen-bond donors (Lipinski definition) is 1. The second-order valence-corrected chi connectivity index (χ2v) is 10.8. The molecule has 0 bridgehead atoms. The Bertz CT molecular complexity index is 1190. The first-order valence-corrected chi connectivity index (χ1v) is 12.8. The number of carbonyl (C=O) groups excluding carboxylic acids is 2. The molecule has 10 heteroatoms. The predicted octanol–water partition coefficient (Wildman–Crippen LogP) is 3.00. The van der Waals surface area contributed by atoms with Crippen LogP contribution in [0.15, 0.2) is 41.3 Å². The first-order chi connectivity index (χ1) is 16.2. The van der Waals surface area contributed by atoms with Crippen molar-refractivity contribution in [2.75, 3.05) is 23.9 Å². The molecule has 1 fully saturated rings. The maximum absolute atomic E-state index is 15.0. The molecule has 2 aliphatic rings. The lowest BCUT2D eigenvalue weighted by Crippen LogP contribution is -2.45. The quantitative estimate of drug-likeness (QED) is 0.622. The number of Topliss-reactive ketones (excluding diaryl/α,β-unsaturated/α-hetero) is 1. The molecule has 2 aliphatic heterocycles. The van der Waals surface area contributed by atoms with Crippen LogP contribution in [0.3, 0.4) is 0 Å². The predicted molar refractivity (Wildman–Crippen MR) is 121 cm³/mol. The van der Waals surface area contributed by atoms with Crippen LogP contribution >= 0.6 is 0 Å². The summed E-state index contributed by atoms with van der Waals surface area (Å²) in [6.07, 6.45) is 2.32. The van der Waals surface area contributed by atoms with Crippen LogP contribution in [-0.2, 0) is 25.9 Å². The molecule has 4 rings (SSSR count). The van der Waals surface area contributed by atoms with Gasteiger partial charge in [0.25, 0.3) is 0 Å². The standard InChI is InChI=1S/C24H26F2N2O5S/c25-17-4-1-16(2-5-17)13-28-21-11-18(22(29)6-3-15-7-9-33-10-8-15)19(26)12-23(21)34(31,32)14-20(27)24(28)30/h1-2,4-5,11-12,15,20H,3,6-10,13-14,27H2/t20-/m0/s1. The van der Waals surface area contributed by atoms with Gasteiger partial charge in [0.2, 0.25) is 5.91 Å². The summed E-state index contributed by atoms with van der Waals surface area (Å²) in [6.45, 7) is 1.14. The Labute approximate surface area is 196 Å². The molecular weight excluding hydrogens is 466 g/mol. The van der Waals surface area contributed by atoms with Gasteiger partial charge in [0.05, 0.1) is 34.5 Å². The number of amides is 1. The SMILES string of the molecule is N[C@H]1CS(=O)(=O)c2cc(F)c(C(=O)CCC3CCOCC3)cc2N(Cc2ccc(F)cc2)C1=O. The van der Waals surface area contributed by atoms with E-state index >= 15 is 0 Å². The number of fused-ring (bicyclic) bond motifs is 1. The largest absolute Gasteiger partial charge is 0.381 e. The second-order valence-electron chi connectivity index (χ2n) is 8.76. The average Bonchev–Trinajstić information content (AvgIpc) is 2.87. The molecule has 0 aromatic heterocycles. The number of anilines is 1. The van der Waals surface area contributed by atoms with Crippen LogP contribution in [0, 0.1) is 17.6 Å². The van der Waals surface area contributed by atoms with Crippen molar-refractivity contribution >= 4 is 27.2 Å². The number of sulfone groups is 1. The number of nitrogens with two attached hydrogens (primary N) is 1. The highest BCUT2D eigenvalue weighted by Crippen LogP contribution is 2.34. The van der Waals surface area contributed by atoms with Gasteiger partial charge >= 0.3 is 0 Å². The number of rotatable bonds is 6. The van der Waals surface area contributed by atoms with Gasteiger partial charge in [0, 0.05) is 19.6 Å². The van der Waals surface area contributed by atoms with Crippen molar-refractivity contribution in [3.63, 3.8) is 0 Å². The number of carbonyl (C=O) groups is 2. The maximum atomic E-state index is 15.0. The molecule has 0 spiro atoms. The molecule has 34 heavy (non-hydrogen) atoms. The zero-order valence-corrected chi connectivity index (χ0v) is 19.3. The van der Waals surface area contributed by atoms with E-state index in [0.717, 1.165) is 29.9 Å². The third-order valence-corrected chi connectivity index (χ3v) is 8.13. The Morgan fingerprint density at radius 2 is 1.79 bits per heavy atom. The van der Waals surface area contributed by atoms with Gasteiger partial charge < -0.3 is 15.4 Å². The third kappa shape index (κ3) is 5.18. The van der Waals surface area contributed by atoms with Crippen molar-refractivity contribution in [3.8, 4) is 0 Å². The first kappa shape index (κ1) is 24.4. The number of hydrogen-bond acceptors (Lipinski definition) is 6. The highest BCUT2D eigenvalue weighted by Gasteiger charge is 2.37. The number of benzene rings is 2. The lowest BCUT2D eigenvalue weighted by atomic mass is 9.92. The molecule has 1 atom stereocenters. The van der Waals surface area contributed by atoms with Gasteiger partial charge in [-0.15, -0.1) is 0 Å². The van der Waals surface area contributed by atoms with Crippen molar-refractivity contribution in [3.05, 3.63) is 59.2 Å². The zero-order valence-electron chi connectivity index (χ0n) is 18.5. The molecule has 2 heterocycles. The van der Waals surface area contributed by atoms with Crippen molar-refractivity contribution in [2.24, 2.45) is 11.7 Å². The van der Waals surface area contributed by atoms with E-state index in [1.54, 1.807) is 0 Å². The van der Waals surface area contributed by atoms with E-state index < -0.39 is 49.9 Å². The van der Waals surface area contributed by atoms with Crippen LogP contribution in [0.2, 0.25) is 0 Å². The molecule has 7 nitrogen and oxygen atoms in total. The van der Waals surface area contributed by atoms with Crippen molar-refractivity contribution in [1.29, 1.82) is 0 Å². The number of nitrogens with zero attached hydrogens (tertiary/aromatic N) is 1. The summed E-state index contributed by atoms with van der Waals surface area (Å²) >= 11 is 0. The minimum atomic E-state index is -4.10. The van der Waals surface area contributed by atoms with Gasteiger partial charge in [-0.2, -0.15) is 0 Å². The summed E-state index contributed by atoms with van der Waals surface area (Å²) in [4.78, 5) is 26.7. The minimum Gasteiger partial charge on any atom is -0.381 e. The van der Waals surface area contributed by atoms with Gasteiger partial charge in [0.1, 0.15) is 11.6 Å². The Kier molecular flexibility index (Phi) is 7.11. The number of ether oxygens (including phenoxy) is 1. The van der Waals surface area contributed by atoms with Gasteiger partial charge in [-0.3, -0.25) is 9.59 Å². The summed E-state index contributed by atoms with van der Waals surface area (Å²) in [5, 5.41) is 0. The molecule has 0 unspecified atom stereocenters. The normalized spacial score (nSPS) is 20.6. The Morgan fingerprint density at radius 1 is 1.12 bits per heavy atom. The highest BCUT2D eigenvalue weighted by atomic mass is 32.2. The molecule has 0 aliphatic carbocycles. The third-order valence-electron chi connectivity index (χ3n) is 6.33. The Morgan fingerprint density at radius 3 is 2.47 bits per heavy atom. The molecular formula is C24H26F2N2O5S. The smallest absolute Gasteiger partial charge is 0.245 e. The van der Waals surface area contributed by atoms with Gasteiger partial charge in [-0.25, -0.2) is 17.2 Å². The number of halogens is 2. The molecule has 0 radical (unpaired) electrons. The minimum absolute atomic E-state index is 0.0958. The van der Waals surface area contributed by atoms with Crippen molar-refractivity contribution < 1.29 is 31.5 Å². The number of ketones is 1. The first-order valence-electron chi connectivity index (χ1n) is 11.1. The molecule has 1 saturated heterocycles. The van der Waals surface area contributed by atoms with Crippen molar-refractivity contribution in [1.82, 2.24) is 0 Å². The molecule has 182 valence electrons. The van der Waals surface area contributed by atoms with Crippen LogP contribution in [0.1, 0.15) is 41.6 Å². The van der Waals surface area contributed by atoms with Crippen LogP contribution < -0.4 is 10.6 Å². The molecule has 0 saturated carbocycles. The fourth-order valence-electron chi connectivity index (χ4n) is 4.37. The average molecular weight is 493 g/mol. The lowest BCUT2D eigenvalue weighted by Gasteiger charge is -2.25. The van der Waals surface area contributed by atoms with E-state index in [2.05, 4.69) is 0 Å². The van der Waals surface area contributed by atoms with E-state index in [4.69, 9.17) is 10.5 Å². The van der Waals surface area contributed by atoms with Crippen LogP contribution in [-0.4, -0.2) is 45.1 Å². The van der Waals surface area contributed by atoms with E-state index in [9.17, 15) is 26.8 Å². The summed E-state index contributed by atoms with van der Waals surface area (Å²) < 4.78 is 59.4. The highest BCUT2D eigenvalue weighted by molar-refractivity contribution is 7.91. The van der Waals surface area contributed by atoms with Crippen LogP contribution in [0.25, 0.3) is 0 Å². The summed E-state index contributed by atoms with van der Waals surface area (Å²) in [5.74, 6) is -2.95. The van der Waals surface area contributed by atoms with Crippen molar-refractivity contribution in [2.45, 2.75) is 43.2 Å². The summed E-state index contributed by atoms with van der Waals surface area (Å²) in [5.41, 5.74) is 6.01. The van der Waals surface area contributed by atoms with E-state index in [-0.39, 0.29) is 24.2 Å². The molecule has 2 N–H and O–H groups in total. The van der Waals surface area contributed by atoms with E-state index in [1.165, 1.54) is 24.3 Å². The van der Waals surface area contributed by atoms with Gasteiger partial charge in [-0.05, 0) is 55.0 Å². The Balaban J connectivity index is 1.71. The fourth-order valence-corrected chi connectivity index (χ4v) is 5.94. The molecule has 1 amide bonds. The lowest BCUT2D eigenvalue weighted by molar-refractivity contribution is -0.119. The van der Waals surface area contributed by atoms with E-state index in [0.29, 0.717) is 31.1 Å².